The quantitative estimate of drug-likeness (QED) is 0.756. The molecule has 4 N–H and O–H groups in total. The van der Waals surface area contributed by atoms with Crippen molar-refractivity contribution in [2.75, 3.05) is 11.1 Å². The lowest BCUT2D eigenvalue weighted by Gasteiger charge is -2.23. The van der Waals surface area contributed by atoms with Crippen LogP contribution in [0, 0.1) is 0 Å². The van der Waals surface area contributed by atoms with Crippen LogP contribution in [0.2, 0.25) is 10.0 Å². The van der Waals surface area contributed by atoms with Gasteiger partial charge >= 0.3 is 0 Å². The Hall–Kier alpha value is -1.72. The second-order valence-corrected chi connectivity index (χ2v) is 5.16. The van der Waals surface area contributed by atoms with Gasteiger partial charge in [0.25, 0.3) is 0 Å². The van der Waals surface area contributed by atoms with Crippen molar-refractivity contribution in [1.82, 2.24) is 10.2 Å². The van der Waals surface area contributed by atoms with Gasteiger partial charge in [-0.05, 0) is 18.6 Å². The number of nitrogen functional groups attached to an aromatic ring is 1. The van der Waals surface area contributed by atoms with E-state index in [2.05, 4.69) is 15.5 Å². The summed E-state index contributed by atoms with van der Waals surface area (Å²) in [5.41, 5.74) is 7.19. The predicted molar refractivity (Wildman–Crippen MR) is 74.5 cm³/mol. The number of anilines is 2. The number of carbonyl (C=O) groups is 1. The SMILES string of the molecule is Nc1[nH]nc2c1CC(c1c(Cl)cccc1Cl)C(=O)N2. The molecule has 0 radical (unpaired) electrons. The van der Waals surface area contributed by atoms with Crippen LogP contribution in [-0.4, -0.2) is 16.1 Å². The van der Waals surface area contributed by atoms with E-state index in [0.29, 0.717) is 33.7 Å². The summed E-state index contributed by atoms with van der Waals surface area (Å²) in [6, 6.07) is 5.17. The van der Waals surface area contributed by atoms with Crippen LogP contribution in [0.25, 0.3) is 0 Å². The Kier molecular flexibility index (Phi) is 2.88. The second-order valence-electron chi connectivity index (χ2n) is 4.35. The molecule has 1 atom stereocenters. The molecule has 0 saturated carbocycles. The number of benzene rings is 1. The van der Waals surface area contributed by atoms with Crippen molar-refractivity contribution >= 4 is 40.7 Å². The maximum atomic E-state index is 12.1. The number of halogens is 2. The van der Waals surface area contributed by atoms with Crippen LogP contribution in [0.15, 0.2) is 18.2 Å². The lowest BCUT2D eigenvalue weighted by molar-refractivity contribution is -0.117. The van der Waals surface area contributed by atoms with Crippen LogP contribution in [0.4, 0.5) is 11.6 Å². The first-order chi connectivity index (χ1) is 9.08. The molecule has 1 aliphatic heterocycles. The molecule has 3 rings (SSSR count). The fourth-order valence-electron chi connectivity index (χ4n) is 2.27. The first-order valence-corrected chi connectivity index (χ1v) is 6.41. The third-order valence-corrected chi connectivity index (χ3v) is 3.87. The van der Waals surface area contributed by atoms with E-state index in [-0.39, 0.29) is 5.91 Å². The summed E-state index contributed by atoms with van der Waals surface area (Å²) in [5.74, 6) is 0.271. The van der Waals surface area contributed by atoms with E-state index in [1.165, 1.54) is 0 Å². The van der Waals surface area contributed by atoms with E-state index < -0.39 is 5.92 Å². The average Bonchev–Trinajstić information content (AvgIpc) is 2.70. The minimum absolute atomic E-state index is 0.186. The molecule has 98 valence electrons. The molecule has 0 saturated heterocycles. The lowest BCUT2D eigenvalue weighted by atomic mass is 9.89. The van der Waals surface area contributed by atoms with Gasteiger partial charge in [0.2, 0.25) is 5.91 Å². The minimum Gasteiger partial charge on any atom is -0.384 e. The van der Waals surface area contributed by atoms with Crippen molar-refractivity contribution in [3.8, 4) is 0 Å². The van der Waals surface area contributed by atoms with E-state index in [1.54, 1.807) is 18.2 Å². The highest BCUT2D eigenvalue weighted by Crippen LogP contribution is 2.38. The molecule has 2 heterocycles. The van der Waals surface area contributed by atoms with Gasteiger partial charge in [-0.2, -0.15) is 5.10 Å². The summed E-state index contributed by atoms with van der Waals surface area (Å²) in [4.78, 5) is 12.1. The Morgan fingerprint density at radius 1 is 1.32 bits per heavy atom. The normalized spacial score (nSPS) is 18.0. The topological polar surface area (TPSA) is 83.8 Å². The number of amides is 1. The molecule has 0 bridgehead atoms. The number of hydrogen-bond donors (Lipinski definition) is 3. The zero-order valence-corrected chi connectivity index (χ0v) is 11.2. The number of carbonyl (C=O) groups excluding carboxylic acids is 1. The van der Waals surface area contributed by atoms with Gasteiger partial charge in [-0.3, -0.25) is 9.89 Å². The summed E-state index contributed by atoms with van der Waals surface area (Å²) >= 11 is 12.3. The molecule has 1 aromatic carbocycles. The molecule has 5 nitrogen and oxygen atoms in total. The van der Waals surface area contributed by atoms with Crippen molar-refractivity contribution in [3.63, 3.8) is 0 Å². The molecule has 0 aliphatic carbocycles. The van der Waals surface area contributed by atoms with Crippen LogP contribution < -0.4 is 11.1 Å². The zero-order valence-electron chi connectivity index (χ0n) is 9.71. The highest BCUT2D eigenvalue weighted by molar-refractivity contribution is 6.36. The molecule has 7 heteroatoms. The Labute approximate surface area is 119 Å². The highest BCUT2D eigenvalue weighted by atomic mass is 35.5. The monoisotopic (exact) mass is 296 g/mol. The van der Waals surface area contributed by atoms with Crippen molar-refractivity contribution in [2.45, 2.75) is 12.3 Å². The van der Waals surface area contributed by atoms with Gasteiger partial charge in [-0.25, -0.2) is 0 Å². The standard InChI is InChI=1S/C12H10Cl2N4O/c13-7-2-1-3-8(14)9(7)5-4-6-10(15)17-18-11(6)16-12(5)19/h1-3,5H,4H2,(H4,15,16,17,18,19). The molecule has 1 amide bonds. The van der Waals surface area contributed by atoms with Crippen molar-refractivity contribution in [1.29, 1.82) is 0 Å². The van der Waals surface area contributed by atoms with Crippen LogP contribution in [-0.2, 0) is 11.2 Å². The lowest BCUT2D eigenvalue weighted by Crippen LogP contribution is -2.28. The smallest absolute Gasteiger partial charge is 0.233 e. The largest absolute Gasteiger partial charge is 0.384 e. The fraction of sp³-hybridized carbons (Fsp3) is 0.167. The summed E-state index contributed by atoms with van der Waals surface area (Å²) in [6.07, 6.45) is 0.424. The van der Waals surface area contributed by atoms with E-state index >= 15 is 0 Å². The number of nitrogens with one attached hydrogen (secondary N) is 2. The number of hydrogen-bond acceptors (Lipinski definition) is 3. The van der Waals surface area contributed by atoms with Gasteiger partial charge < -0.3 is 11.1 Å². The molecule has 1 aliphatic rings. The second kappa shape index (κ2) is 4.43. The van der Waals surface area contributed by atoms with Crippen molar-refractivity contribution in [3.05, 3.63) is 39.4 Å². The number of nitrogens with two attached hydrogens (primary N) is 1. The van der Waals surface area contributed by atoms with E-state index in [9.17, 15) is 4.79 Å². The number of aromatic amines is 1. The van der Waals surface area contributed by atoms with Crippen LogP contribution in [0.3, 0.4) is 0 Å². The summed E-state index contributed by atoms with van der Waals surface area (Å²) in [6.45, 7) is 0. The Morgan fingerprint density at radius 2 is 2.00 bits per heavy atom. The third kappa shape index (κ3) is 1.95. The number of aromatic nitrogens is 2. The highest BCUT2D eigenvalue weighted by Gasteiger charge is 2.33. The maximum Gasteiger partial charge on any atom is 0.233 e. The summed E-state index contributed by atoms with van der Waals surface area (Å²) < 4.78 is 0. The van der Waals surface area contributed by atoms with Gasteiger partial charge in [0.05, 0.1) is 5.92 Å². The first-order valence-electron chi connectivity index (χ1n) is 5.65. The van der Waals surface area contributed by atoms with Gasteiger partial charge in [-0.15, -0.1) is 0 Å². The van der Waals surface area contributed by atoms with Crippen LogP contribution >= 0.6 is 23.2 Å². The van der Waals surface area contributed by atoms with Crippen molar-refractivity contribution in [2.24, 2.45) is 0 Å². The van der Waals surface area contributed by atoms with Gasteiger partial charge in [0.1, 0.15) is 5.82 Å². The molecule has 19 heavy (non-hydrogen) atoms. The van der Waals surface area contributed by atoms with E-state index in [0.717, 1.165) is 5.56 Å². The number of nitrogens with zero attached hydrogens (tertiary/aromatic N) is 1. The Balaban J connectivity index is 2.08. The fourth-order valence-corrected chi connectivity index (χ4v) is 2.93. The Morgan fingerprint density at radius 3 is 2.68 bits per heavy atom. The summed E-state index contributed by atoms with van der Waals surface area (Å²) in [7, 11) is 0. The number of fused-ring (bicyclic) bond motifs is 1. The number of rotatable bonds is 1. The summed E-state index contributed by atoms with van der Waals surface area (Å²) in [5, 5.41) is 10.2. The predicted octanol–water partition coefficient (Wildman–Crippen LogP) is 2.58. The maximum absolute atomic E-state index is 12.1. The molecule has 0 spiro atoms. The van der Waals surface area contributed by atoms with Crippen molar-refractivity contribution < 1.29 is 4.79 Å². The first kappa shape index (κ1) is 12.3. The Bertz CT molecular complexity index is 647. The molecule has 1 aromatic heterocycles. The average molecular weight is 297 g/mol. The van der Waals surface area contributed by atoms with E-state index in [4.69, 9.17) is 28.9 Å². The van der Waals surface area contributed by atoms with Gasteiger partial charge in [0.15, 0.2) is 5.82 Å². The molecule has 0 fully saturated rings. The number of H-pyrrole nitrogens is 1. The molecular formula is C12H10Cl2N4O. The molecule has 2 aromatic rings. The van der Waals surface area contributed by atoms with Crippen LogP contribution in [0.5, 0.6) is 0 Å². The third-order valence-electron chi connectivity index (χ3n) is 3.21. The van der Waals surface area contributed by atoms with Gasteiger partial charge in [0, 0.05) is 21.2 Å². The molecular weight excluding hydrogens is 287 g/mol. The minimum atomic E-state index is -0.464. The van der Waals surface area contributed by atoms with Gasteiger partial charge in [-0.1, -0.05) is 29.3 Å². The van der Waals surface area contributed by atoms with E-state index in [1.807, 2.05) is 0 Å². The molecule has 1 unspecified atom stereocenters. The zero-order chi connectivity index (χ0) is 13.6. The van der Waals surface area contributed by atoms with Crippen LogP contribution in [0.1, 0.15) is 17.0 Å².